The van der Waals surface area contributed by atoms with Gasteiger partial charge in [-0.2, -0.15) is 5.26 Å². The number of aliphatic hydroxyl groups excluding tert-OH is 1. The molecule has 1 aliphatic heterocycles. The van der Waals surface area contributed by atoms with E-state index in [0.717, 1.165) is 25.3 Å². The average Bonchev–Trinajstić information content (AvgIpc) is 2.48. The predicted octanol–water partition coefficient (Wildman–Crippen LogP) is 2.17. The van der Waals surface area contributed by atoms with Crippen molar-refractivity contribution < 1.29 is 9.84 Å². The van der Waals surface area contributed by atoms with E-state index in [1.54, 1.807) is 12.1 Å². The summed E-state index contributed by atoms with van der Waals surface area (Å²) in [5, 5.41) is 18.7. The lowest BCUT2D eigenvalue weighted by Gasteiger charge is -2.37. The van der Waals surface area contributed by atoms with Crippen LogP contribution in [-0.4, -0.2) is 41.8 Å². The standard InChI is InChI=1S/C16H22N2O2/c1-13(19)16-7-2-3-8-18(16)9-10-20-15-6-4-5-14(11-15)12-17/h4-6,11,13,16,19H,2-3,7-10H2,1H3/t13-,16+/m0/s1. The first-order chi connectivity index (χ1) is 9.70. The van der Waals surface area contributed by atoms with E-state index in [1.165, 1.54) is 12.8 Å². The number of piperidine rings is 1. The Labute approximate surface area is 120 Å². The van der Waals surface area contributed by atoms with Crippen molar-refractivity contribution in [1.29, 1.82) is 5.26 Å². The fraction of sp³-hybridized carbons (Fsp3) is 0.562. The molecule has 0 spiro atoms. The highest BCUT2D eigenvalue weighted by atomic mass is 16.5. The Morgan fingerprint density at radius 1 is 1.50 bits per heavy atom. The molecule has 20 heavy (non-hydrogen) atoms. The van der Waals surface area contributed by atoms with Crippen LogP contribution in [0.5, 0.6) is 5.75 Å². The molecule has 2 rings (SSSR count). The van der Waals surface area contributed by atoms with Crippen LogP contribution in [0.2, 0.25) is 0 Å². The van der Waals surface area contributed by atoms with E-state index < -0.39 is 0 Å². The Kier molecular flexibility index (Phi) is 5.40. The molecule has 4 heteroatoms. The third-order valence-corrected chi connectivity index (χ3v) is 3.83. The van der Waals surface area contributed by atoms with Gasteiger partial charge in [0.15, 0.2) is 0 Å². The van der Waals surface area contributed by atoms with Crippen molar-refractivity contribution in [2.45, 2.75) is 38.3 Å². The molecular weight excluding hydrogens is 252 g/mol. The van der Waals surface area contributed by atoms with Crippen LogP contribution >= 0.6 is 0 Å². The summed E-state index contributed by atoms with van der Waals surface area (Å²) in [5.41, 5.74) is 0.613. The number of likely N-dealkylation sites (tertiary alicyclic amines) is 1. The third-order valence-electron chi connectivity index (χ3n) is 3.83. The zero-order valence-corrected chi connectivity index (χ0v) is 12.0. The van der Waals surface area contributed by atoms with Crippen molar-refractivity contribution in [3.8, 4) is 11.8 Å². The van der Waals surface area contributed by atoms with Gasteiger partial charge in [0.1, 0.15) is 12.4 Å². The Balaban J connectivity index is 1.83. The van der Waals surface area contributed by atoms with Gasteiger partial charge in [0.25, 0.3) is 0 Å². The van der Waals surface area contributed by atoms with Gasteiger partial charge in [0.2, 0.25) is 0 Å². The first-order valence-corrected chi connectivity index (χ1v) is 7.26. The van der Waals surface area contributed by atoms with E-state index in [9.17, 15) is 5.11 Å². The van der Waals surface area contributed by atoms with Crippen LogP contribution in [0.1, 0.15) is 31.7 Å². The highest BCUT2D eigenvalue weighted by Gasteiger charge is 2.25. The largest absolute Gasteiger partial charge is 0.492 e. The highest BCUT2D eigenvalue weighted by Crippen LogP contribution is 2.19. The minimum absolute atomic E-state index is 0.248. The molecule has 0 aliphatic carbocycles. The van der Waals surface area contributed by atoms with Crippen LogP contribution in [0.4, 0.5) is 0 Å². The van der Waals surface area contributed by atoms with Crippen LogP contribution in [-0.2, 0) is 0 Å². The summed E-state index contributed by atoms with van der Waals surface area (Å²) >= 11 is 0. The number of rotatable bonds is 5. The smallest absolute Gasteiger partial charge is 0.120 e. The van der Waals surface area contributed by atoms with Gasteiger partial charge in [-0.25, -0.2) is 0 Å². The van der Waals surface area contributed by atoms with Gasteiger partial charge in [-0.15, -0.1) is 0 Å². The van der Waals surface area contributed by atoms with E-state index in [0.29, 0.717) is 12.2 Å². The molecule has 1 aromatic carbocycles. The molecule has 0 radical (unpaired) electrons. The maximum atomic E-state index is 9.81. The zero-order chi connectivity index (χ0) is 14.4. The Bertz CT molecular complexity index is 468. The monoisotopic (exact) mass is 274 g/mol. The number of nitrogens with zero attached hydrogens (tertiary/aromatic N) is 2. The summed E-state index contributed by atoms with van der Waals surface area (Å²) in [5.74, 6) is 0.731. The van der Waals surface area contributed by atoms with E-state index >= 15 is 0 Å². The van der Waals surface area contributed by atoms with Crippen LogP contribution in [0.15, 0.2) is 24.3 Å². The van der Waals surface area contributed by atoms with Gasteiger partial charge >= 0.3 is 0 Å². The zero-order valence-electron chi connectivity index (χ0n) is 12.0. The summed E-state index contributed by atoms with van der Waals surface area (Å²) in [6.07, 6.45) is 3.14. The molecule has 0 bridgehead atoms. The van der Waals surface area contributed by atoms with E-state index in [2.05, 4.69) is 11.0 Å². The highest BCUT2D eigenvalue weighted by molar-refractivity contribution is 5.36. The molecule has 0 unspecified atom stereocenters. The van der Waals surface area contributed by atoms with Crippen molar-refractivity contribution in [2.75, 3.05) is 19.7 Å². The molecule has 0 amide bonds. The molecule has 1 fully saturated rings. The SMILES string of the molecule is C[C@H](O)[C@H]1CCCCN1CCOc1cccc(C#N)c1. The molecule has 1 heterocycles. The summed E-state index contributed by atoms with van der Waals surface area (Å²) in [7, 11) is 0. The molecule has 1 aromatic rings. The lowest BCUT2D eigenvalue weighted by molar-refractivity contribution is 0.0293. The maximum absolute atomic E-state index is 9.81. The second kappa shape index (κ2) is 7.28. The third kappa shape index (κ3) is 3.96. The predicted molar refractivity (Wildman–Crippen MR) is 77.5 cm³/mol. The molecule has 108 valence electrons. The minimum atomic E-state index is -0.294. The molecule has 4 nitrogen and oxygen atoms in total. The van der Waals surface area contributed by atoms with Crippen molar-refractivity contribution in [3.63, 3.8) is 0 Å². The second-order valence-corrected chi connectivity index (χ2v) is 5.33. The lowest BCUT2D eigenvalue weighted by atomic mass is 9.98. The Morgan fingerprint density at radius 2 is 2.35 bits per heavy atom. The van der Waals surface area contributed by atoms with Gasteiger partial charge in [-0.1, -0.05) is 12.5 Å². The number of benzene rings is 1. The topological polar surface area (TPSA) is 56.5 Å². The van der Waals surface area contributed by atoms with Crippen molar-refractivity contribution >= 4 is 0 Å². The van der Waals surface area contributed by atoms with Gasteiger partial charge in [0.05, 0.1) is 17.7 Å². The number of aliphatic hydroxyl groups is 1. The molecule has 2 atom stereocenters. The summed E-state index contributed by atoms with van der Waals surface area (Å²) < 4.78 is 5.70. The van der Waals surface area contributed by atoms with Crippen LogP contribution < -0.4 is 4.74 Å². The van der Waals surface area contributed by atoms with Crippen LogP contribution in [0.3, 0.4) is 0 Å². The first kappa shape index (κ1) is 14.8. The summed E-state index contributed by atoms with van der Waals surface area (Å²) in [4.78, 5) is 2.31. The maximum Gasteiger partial charge on any atom is 0.120 e. The fourth-order valence-corrected chi connectivity index (χ4v) is 2.78. The first-order valence-electron chi connectivity index (χ1n) is 7.26. The van der Waals surface area contributed by atoms with E-state index in [-0.39, 0.29) is 12.1 Å². The van der Waals surface area contributed by atoms with Gasteiger partial charge in [0, 0.05) is 12.6 Å². The molecular formula is C16H22N2O2. The second-order valence-electron chi connectivity index (χ2n) is 5.33. The normalized spacial score (nSPS) is 21.1. The average molecular weight is 274 g/mol. The molecule has 0 saturated carbocycles. The number of ether oxygens (including phenoxy) is 1. The Morgan fingerprint density at radius 3 is 3.10 bits per heavy atom. The quantitative estimate of drug-likeness (QED) is 0.894. The van der Waals surface area contributed by atoms with Crippen LogP contribution in [0, 0.1) is 11.3 Å². The van der Waals surface area contributed by atoms with Crippen molar-refractivity contribution in [3.05, 3.63) is 29.8 Å². The molecule has 0 aromatic heterocycles. The summed E-state index contributed by atoms with van der Waals surface area (Å²) in [6.45, 7) is 4.28. The number of hydrogen-bond acceptors (Lipinski definition) is 4. The molecule has 1 saturated heterocycles. The van der Waals surface area contributed by atoms with Crippen LogP contribution in [0.25, 0.3) is 0 Å². The van der Waals surface area contributed by atoms with Gasteiger partial charge in [-0.05, 0) is 44.5 Å². The number of nitriles is 1. The molecule has 1 aliphatic rings. The minimum Gasteiger partial charge on any atom is -0.492 e. The van der Waals surface area contributed by atoms with E-state index in [4.69, 9.17) is 10.00 Å². The molecule has 1 N–H and O–H groups in total. The van der Waals surface area contributed by atoms with E-state index in [1.807, 2.05) is 19.1 Å². The van der Waals surface area contributed by atoms with Crippen molar-refractivity contribution in [1.82, 2.24) is 4.90 Å². The fourth-order valence-electron chi connectivity index (χ4n) is 2.78. The van der Waals surface area contributed by atoms with Gasteiger partial charge in [-0.3, -0.25) is 4.90 Å². The van der Waals surface area contributed by atoms with Crippen molar-refractivity contribution in [2.24, 2.45) is 0 Å². The summed E-state index contributed by atoms with van der Waals surface area (Å²) in [6, 6.07) is 9.56. The lowest BCUT2D eigenvalue weighted by Crippen LogP contribution is -2.47. The number of hydrogen-bond donors (Lipinski definition) is 1. The van der Waals surface area contributed by atoms with Gasteiger partial charge < -0.3 is 9.84 Å². The Hall–Kier alpha value is -1.57.